The van der Waals surface area contributed by atoms with Crippen LogP contribution in [0.25, 0.3) is 5.78 Å². The first kappa shape index (κ1) is 17.3. The second-order valence-electron chi connectivity index (χ2n) is 6.47. The molecule has 3 aromatic rings. The highest BCUT2D eigenvalue weighted by Crippen LogP contribution is 2.15. The summed E-state index contributed by atoms with van der Waals surface area (Å²) >= 11 is 6.94. The van der Waals surface area contributed by atoms with Crippen molar-refractivity contribution in [2.24, 2.45) is 0 Å². The number of rotatable bonds is 3. The van der Waals surface area contributed by atoms with Gasteiger partial charge in [0.15, 0.2) is 0 Å². The van der Waals surface area contributed by atoms with Gasteiger partial charge in [-0.25, -0.2) is 14.2 Å². The average Bonchev–Trinajstić information content (AvgIpc) is 3.24. The van der Waals surface area contributed by atoms with Crippen LogP contribution in [-0.4, -0.2) is 61.1 Å². The van der Waals surface area contributed by atoms with Gasteiger partial charge in [-0.05, 0) is 43.6 Å². The minimum atomic E-state index is 0.126. The van der Waals surface area contributed by atoms with Gasteiger partial charge in [0.05, 0.1) is 11.5 Å². The number of carbonyl (C=O) groups excluding carboxylic acids is 1. The molecule has 0 radical (unpaired) electrons. The number of hydrogen-bond acceptors (Lipinski definition) is 6. The number of carbonyl (C=O) groups is 1. The lowest BCUT2D eigenvalue weighted by Crippen LogP contribution is -2.49. The predicted octanol–water partition coefficient (Wildman–Crippen LogP) is 2.35. The monoisotopic (exact) mass is 388 g/mol. The van der Waals surface area contributed by atoms with Crippen molar-refractivity contribution in [3.63, 3.8) is 0 Å². The third kappa shape index (κ3) is 3.17. The molecule has 0 unspecified atom stereocenters. The topological polar surface area (TPSA) is 58.7 Å². The second-order valence-corrected chi connectivity index (χ2v) is 7.79. The van der Waals surface area contributed by atoms with E-state index in [1.54, 1.807) is 0 Å². The SMILES string of the molecule is Cc1cc(C)n2c(n1)nc(=S)n2CN1CCN(C(=O)c2cccs2)CC1. The van der Waals surface area contributed by atoms with Crippen molar-refractivity contribution in [2.75, 3.05) is 26.2 Å². The van der Waals surface area contributed by atoms with Gasteiger partial charge >= 0.3 is 0 Å². The van der Waals surface area contributed by atoms with E-state index in [1.165, 1.54) is 11.3 Å². The van der Waals surface area contributed by atoms with Crippen molar-refractivity contribution < 1.29 is 4.79 Å². The lowest BCUT2D eigenvalue weighted by atomic mass is 10.3. The van der Waals surface area contributed by atoms with Crippen LogP contribution in [0.4, 0.5) is 0 Å². The summed E-state index contributed by atoms with van der Waals surface area (Å²) in [5.74, 6) is 0.764. The predicted molar refractivity (Wildman–Crippen MR) is 103 cm³/mol. The van der Waals surface area contributed by atoms with Crippen LogP contribution in [-0.2, 0) is 6.67 Å². The molecule has 0 saturated carbocycles. The standard InChI is InChI=1S/C17H20N6OS2/c1-12-10-13(2)23-16(18-12)19-17(25)22(23)11-20-5-7-21(8-6-20)15(24)14-4-3-9-26-14/h3-4,9-10H,5-8,11H2,1-2H3. The number of aryl methyl sites for hydroxylation is 2. The van der Waals surface area contributed by atoms with E-state index in [0.717, 1.165) is 42.4 Å². The number of amides is 1. The summed E-state index contributed by atoms with van der Waals surface area (Å²) in [6.07, 6.45) is 0. The Bertz CT molecular complexity index is 998. The third-order valence-corrected chi connectivity index (χ3v) is 5.76. The fourth-order valence-corrected chi connectivity index (χ4v) is 4.23. The van der Waals surface area contributed by atoms with E-state index in [-0.39, 0.29) is 5.91 Å². The molecule has 4 rings (SSSR count). The minimum absolute atomic E-state index is 0.126. The van der Waals surface area contributed by atoms with Gasteiger partial charge in [-0.2, -0.15) is 4.98 Å². The summed E-state index contributed by atoms with van der Waals surface area (Å²) in [4.78, 5) is 26.4. The van der Waals surface area contributed by atoms with Crippen molar-refractivity contribution in [3.05, 3.63) is 44.6 Å². The molecule has 1 amide bonds. The highest BCUT2D eigenvalue weighted by Gasteiger charge is 2.23. The molecule has 0 spiro atoms. The van der Waals surface area contributed by atoms with Crippen LogP contribution in [0.2, 0.25) is 0 Å². The van der Waals surface area contributed by atoms with E-state index in [4.69, 9.17) is 12.2 Å². The van der Waals surface area contributed by atoms with Crippen LogP contribution in [0.1, 0.15) is 21.1 Å². The van der Waals surface area contributed by atoms with Gasteiger partial charge in [0.1, 0.15) is 0 Å². The Morgan fingerprint density at radius 2 is 2.00 bits per heavy atom. The molecule has 0 aliphatic carbocycles. The van der Waals surface area contributed by atoms with Crippen LogP contribution < -0.4 is 0 Å². The minimum Gasteiger partial charge on any atom is -0.335 e. The molecule has 1 aliphatic rings. The quantitative estimate of drug-likeness (QED) is 0.645. The molecule has 3 aromatic heterocycles. The molecular formula is C17H20N6OS2. The van der Waals surface area contributed by atoms with Crippen molar-refractivity contribution in [2.45, 2.75) is 20.5 Å². The molecule has 1 saturated heterocycles. The van der Waals surface area contributed by atoms with Crippen molar-refractivity contribution in [3.8, 4) is 0 Å². The fraction of sp³-hybridized carbons (Fsp3) is 0.412. The highest BCUT2D eigenvalue weighted by molar-refractivity contribution is 7.71. The Hall–Kier alpha value is -2.10. The zero-order chi connectivity index (χ0) is 18.3. The van der Waals surface area contributed by atoms with E-state index in [0.29, 0.717) is 17.2 Å². The van der Waals surface area contributed by atoms with Gasteiger partial charge in [-0.15, -0.1) is 11.3 Å². The molecule has 0 aromatic carbocycles. The summed E-state index contributed by atoms with van der Waals surface area (Å²) in [5, 5.41) is 1.94. The molecule has 136 valence electrons. The molecule has 0 atom stereocenters. The van der Waals surface area contributed by atoms with Crippen molar-refractivity contribution >= 4 is 35.2 Å². The van der Waals surface area contributed by atoms with Gasteiger partial charge < -0.3 is 4.90 Å². The lowest BCUT2D eigenvalue weighted by Gasteiger charge is -2.34. The molecule has 7 nitrogen and oxygen atoms in total. The molecule has 1 aliphatic heterocycles. The van der Waals surface area contributed by atoms with Crippen LogP contribution >= 0.6 is 23.6 Å². The zero-order valence-electron chi connectivity index (χ0n) is 14.8. The molecule has 4 heterocycles. The first-order valence-electron chi connectivity index (χ1n) is 8.52. The van der Waals surface area contributed by atoms with Crippen LogP contribution in [0.15, 0.2) is 23.6 Å². The molecule has 0 bridgehead atoms. The fourth-order valence-electron chi connectivity index (χ4n) is 3.32. The summed E-state index contributed by atoms with van der Waals surface area (Å²) in [6, 6.07) is 5.82. The average molecular weight is 389 g/mol. The van der Waals surface area contributed by atoms with E-state index < -0.39 is 0 Å². The molecule has 9 heteroatoms. The Morgan fingerprint density at radius 1 is 1.23 bits per heavy atom. The lowest BCUT2D eigenvalue weighted by molar-refractivity contribution is 0.0586. The number of fused-ring (bicyclic) bond motifs is 1. The van der Waals surface area contributed by atoms with Gasteiger partial charge in [0, 0.05) is 37.6 Å². The first-order valence-corrected chi connectivity index (χ1v) is 9.80. The largest absolute Gasteiger partial charge is 0.335 e. The summed E-state index contributed by atoms with van der Waals surface area (Å²) in [6.45, 7) is 7.70. The van der Waals surface area contributed by atoms with E-state index in [1.807, 2.05) is 51.5 Å². The van der Waals surface area contributed by atoms with E-state index in [2.05, 4.69) is 14.9 Å². The number of hydrogen-bond donors (Lipinski definition) is 0. The van der Waals surface area contributed by atoms with Gasteiger partial charge in [-0.1, -0.05) is 6.07 Å². The van der Waals surface area contributed by atoms with Crippen molar-refractivity contribution in [1.82, 2.24) is 29.0 Å². The number of piperazine rings is 1. The van der Waals surface area contributed by atoms with Gasteiger partial charge in [0.2, 0.25) is 4.77 Å². The maximum absolute atomic E-state index is 12.5. The Morgan fingerprint density at radius 3 is 2.69 bits per heavy atom. The molecular weight excluding hydrogens is 368 g/mol. The number of nitrogens with zero attached hydrogens (tertiary/aromatic N) is 6. The maximum Gasteiger partial charge on any atom is 0.264 e. The molecule has 1 fully saturated rings. The third-order valence-electron chi connectivity index (χ3n) is 4.60. The van der Waals surface area contributed by atoms with Crippen LogP contribution in [0, 0.1) is 18.6 Å². The van der Waals surface area contributed by atoms with Gasteiger partial charge in [0.25, 0.3) is 11.7 Å². The Labute approximate surface area is 160 Å². The van der Waals surface area contributed by atoms with Crippen LogP contribution in [0.5, 0.6) is 0 Å². The Balaban J connectivity index is 1.48. The summed E-state index contributed by atoms with van der Waals surface area (Å²) in [7, 11) is 0. The maximum atomic E-state index is 12.5. The first-order chi connectivity index (χ1) is 12.5. The van der Waals surface area contributed by atoms with Crippen LogP contribution in [0.3, 0.4) is 0 Å². The summed E-state index contributed by atoms with van der Waals surface area (Å²) < 4.78 is 4.48. The Kier molecular flexibility index (Phi) is 4.60. The number of thiophene rings is 1. The van der Waals surface area contributed by atoms with E-state index >= 15 is 0 Å². The molecule has 0 N–H and O–H groups in total. The zero-order valence-corrected chi connectivity index (χ0v) is 16.4. The molecule has 26 heavy (non-hydrogen) atoms. The van der Waals surface area contributed by atoms with E-state index in [9.17, 15) is 4.79 Å². The normalized spacial score (nSPS) is 15.7. The highest BCUT2D eigenvalue weighted by atomic mass is 32.1. The van der Waals surface area contributed by atoms with Crippen molar-refractivity contribution in [1.29, 1.82) is 0 Å². The number of aromatic nitrogens is 4. The summed E-state index contributed by atoms with van der Waals surface area (Å²) in [5.41, 5.74) is 1.99. The second kappa shape index (κ2) is 6.90. The smallest absolute Gasteiger partial charge is 0.264 e. The van der Waals surface area contributed by atoms with Gasteiger partial charge in [-0.3, -0.25) is 9.69 Å².